The summed E-state index contributed by atoms with van der Waals surface area (Å²) >= 11 is 12.4. The highest BCUT2D eigenvalue weighted by Crippen LogP contribution is 2.32. The van der Waals surface area contributed by atoms with Crippen molar-refractivity contribution in [2.45, 2.75) is 31.7 Å². The maximum absolute atomic E-state index is 13.6. The molecule has 43 heavy (non-hydrogen) atoms. The fourth-order valence-corrected chi connectivity index (χ4v) is 5.95. The van der Waals surface area contributed by atoms with Crippen LogP contribution in [0, 0.1) is 6.92 Å². The first-order chi connectivity index (χ1) is 20.4. The van der Waals surface area contributed by atoms with Gasteiger partial charge in [-0.3, -0.25) is 9.59 Å². The third-order valence-corrected chi connectivity index (χ3v) is 9.07. The van der Waals surface area contributed by atoms with Gasteiger partial charge in [0, 0.05) is 30.6 Å². The Hall–Kier alpha value is -3.97. The van der Waals surface area contributed by atoms with Gasteiger partial charge in [-0.2, -0.15) is 4.31 Å². The second-order valence-corrected chi connectivity index (χ2v) is 12.1. The molecule has 14 heteroatoms. The molecule has 0 fully saturated rings. The molecular weight excluding hydrogens is 617 g/mol. The molecule has 0 aromatic heterocycles. The molecule has 11 nitrogen and oxygen atoms in total. The molecule has 0 radical (unpaired) electrons. The maximum atomic E-state index is 13.6. The number of carbonyl (C=O) groups excluding carboxylic acids is 3. The number of hydrogen-bond donors (Lipinski definition) is 3. The minimum Gasteiger partial charge on any atom is -0.380 e. The van der Waals surface area contributed by atoms with Crippen molar-refractivity contribution in [3.63, 3.8) is 0 Å². The van der Waals surface area contributed by atoms with Crippen LogP contribution in [0.4, 0.5) is 0 Å². The molecule has 2 amide bonds. The summed E-state index contributed by atoms with van der Waals surface area (Å²) in [5.74, 6) is -1.73. The van der Waals surface area contributed by atoms with Crippen LogP contribution in [0.5, 0.6) is 0 Å². The third-order valence-electron chi connectivity index (χ3n) is 6.17. The van der Waals surface area contributed by atoms with Crippen LogP contribution in [0.3, 0.4) is 0 Å². The predicted molar refractivity (Wildman–Crippen MR) is 164 cm³/mol. The highest BCUT2D eigenvalue weighted by molar-refractivity contribution is 7.89. The van der Waals surface area contributed by atoms with Crippen LogP contribution < -0.4 is 16.4 Å². The van der Waals surface area contributed by atoms with Gasteiger partial charge in [0.2, 0.25) is 21.8 Å². The molecule has 228 valence electrons. The molecule has 0 bridgehead atoms. The Labute approximate surface area is 260 Å². The number of amidine groups is 1. The van der Waals surface area contributed by atoms with E-state index in [1.165, 1.54) is 19.1 Å². The summed E-state index contributed by atoms with van der Waals surface area (Å²) in [6.45, 7) is 2.06. The Balaban J connectivity index is 1.61. The largest absolute Gasteiger partial charge is 0.380 e. The van der Waals surface area contributed by atoms with Gasteiger partial charge in [0.1, 0.15) is 4.90 Å². The van der Waals surface area contributed by atoms with Gasteiger partial charge in [-0.25, -0.2) is 13.2 Å². The molecule has 0 aliphatic carbocycles. The Morgan fingerprint density at radius 2 is 1.60 bits per heavy atom. The van der Waals surface area contributed by atoms with Gasteiger partial charge in [-0.05, 0) is 42.2 Å². The number of rotatable bonds is 13. The predicted octanol–water partition coefficient (Wildman–Crippen LogP) is 3.15. The number of nitrogens with one attached hydrogen (secondary N) is 2. The second-order valence-electron chi connectivity index (χ2n) is 9.37. The Morgan fingerprint density at radius 1 is 0.930 bits per heavy atom. The zero-order chi connectivity index (χ0) is 31.6. The van der Waals surface area contributed by atoms with E-state index in [0.717, 1.165) is 15.4 Å². The topological polar surface area (TPSA) is 160 Å². The van der Waals surface area contributed by atoms with Crippen LogP contribution in [0.2, 0.25) is 10.0 Å². The van der Waals surface area contributed by atoms with Crippen molar-refractivity contribution in [3.05, 3.63) is 99.0 Å². The van der Waals surface area contributed by atoms with E-state index in [1.54, 1.807) is 31.2 Å². The molecule has 4 N–H and O–H groups in total. The van der Waals surface area contributed by atoms with Crippen LogP contribution in [-0.2, 0) is 42.2 Å². The van der Waals surface area contributed by atoms with E-state index in [2.05, 4.69) is 20.6 Å². The normalized spacial score (nSPS) is 11.7. The van der Waals surface area contributed by atoms with Gasteiger partial charge in [-0.15, -0.1) is 0 Å². The highest BCUT2D eigenvalue weighted by atomic mass is 35.5. The summed E-state index contributed by atoms with van der Waals surface area (Å²) in [4.78, 5) is 40.4. The standard InChI is InChI=1S/C29H31Cl2N5O6S/c1-19-24(30)12-13-25(28(19)31)43(40,41)36(15-14-21-6-4-3-5-7-21)18-27(39)34-17-26(38)33-16-22-8-10-23(11-9-22)29(32)35-42-20(2)37/h3-13H,14-18H2,1-2H3,(H2,32,35)(H,33,38)(H,34,39). The van der Waals surface area contributed by atoms with Crippen LogP contribution in [0.25, 0.3) is 0 Å². The molecule has 3 aromatic carbocycles. The van der Waals surface area contributed by atoms with Crippen LogP contribution in [0.15, 0.2) is 76.8 Å². The number of sulfonamides is 1. The molecule has 0 atom stereocenters. The van der Waals surface area contributed by atoms with Gasteiger partial charge in [-0.1, -0.05) is 83.0 Å². The summed E-state index contributed by atoms with van der Waals surface area (Å²) in [6, 6.07) is 18.7. The van der Waals surface area contributed by atoms with E-state index >= 15 is 0 Å². The lowest BCUT2D eigenvalue weighted by atomic mass is 10.1. The van der Waals surface area contributed by atoms with E-state index in [1.807, 2.05) is 30.3 Å². The Morgan fingerprint density at radius 3 is 2.26 bits per heavy atom. The van der Waals surface area contributed by atoms with Crippen LogP contribution in [0.1, 0.15) is 29.2 Å². The monoisotopic (exact) mass is 647 g/mol. The van der Waals surface area contributed by atoms with E-state index < -0.39 is 34.4 Å². The number of carbonyl (C=O) groups is 3. The first-order valence-corrected chi connectivity index (χ1v) is 15.2. The van der Waals surface area contributed by atoms with Gasteiger partial charge < -0.3 is 21.2 Å². The van der Waals surface area contributed by atoms with Crippen molar-refractivity contribution >= 4 is 56.8 Å². The second kappa shape index (κ2) is 15.5. The molecule has 3 aromatic rings. The summed E-state index contributed by atoms with van der Waals surface area (Å²) in [7, 11) is -4.20. The number of hydrogen-bond acceptors (Lipinski definition) is 7. The molecular formula is C29H31Cl2N5O6S. The first kappa shape index (κ1) is 33.5. The first-order valence-electron chi connectivity index (χ1n) is 13.0. The van der Waals surface area contributed by atoms with Gasteiger partial charge in [0.05, 0.1) is 18.1 Å². The van der Waals surface area contributed by atoms with E-state index in [4.69, 9.17) is 28.9 Å². The SMILES string of the molecule is CC(=O)O/N=C(/N)c1ccc(CNC(=O)CNC(=O)CN(CCc2ccccc2)S(=O)(=O)c2ccc(Cl)c(C)c2Cl)cc1. The molecule has 0 spiro atoms. The molecule has 0 heterocycles. The lowest BCUT2D eigenvalue weighted by Crippen LogP contribution is -2.44. The summed E-state index contributed by atoms with van der Waals surface area (Å²) in [5, 5.41) is 8.94. The zero-order valence-corrected chi connectivity index (χ0v) is 25.8. The van der Waals surface area contributed by atoms with Crippen molar-refractivity contribution in [1.82, 2.24) is 14.9 Å². The van der Waals surface area contributed by atoms with Crippen molar-refractivity contribution in [2.24, 2.45) is 10.9 Å². The van der Waals surface area contributed by atoms with E-state index in [0.29, 0.717) is 22.6 Å². The number of halogens is 2. The molecule has 0 aliphatic rings. The molecule has 0 unspecified atom stereocenters. The number of oxime groups is 1. The van der Waals surface area contributed by atoms with Crippen molar-refractivity contribution in [3.8, 4) is 0 Å². The summed E-state index contributed by atoms with van der Waals surface area (Å²) < 4.78 is 28.2. The Bertz CT molecular complexity index is 1600. The van der Waals surface area contributed by atoms with Crippen molar-refractivity contribution in [2.75, 3.05) is 19.6 Å². The third kappa shape index (κ3) is 9.79. The number of benzene rings is 3. The fraction of sp³-hybridized carbons (Fsp3) is 0.241. The minimum atomic E-state index is -4.20. The summed E-state index contributed by atoms with van der Waals surface area (Å²) in [5.41, 5.74) is 8.30. The summed E-state index contributed by atoms with van der Waals surface area (Å²) in [6.07, 6.45) is 0.345. The molecule has 0 saturated carbocycles. The number of nitrogens with two attached hydrogens (primary N) is 1. The average Bonchev–Trinajstić information content (AvgIpc) is 2.99. The lowest BCUT2D eigenvalue weighted by molar-refractivity contribution is -0.141. The number of nitrogens with zero attached hydrogens (tertiary/aromatic N) is 2. The molecule has 0 saturated heterocycles. The highest BCUT2D eigenvalue weighted by Gasteiger charge is 2.29. The minimum absolute atomic E-state index is 0.00391. The lowest BCUT2D eigenvalue weighted by Gasteiger charge is -2.23. The average molecular weight is 649 g/mol. The molecule has 3 rings (SSSR count). The van der Waals surface area contributed by atoms with Gasteiger partial charge in [0.25, 0.3) is 0 Å². The maximum Gasteiger partial charge on any atom is 0.332 e. The van der Waals surface area contributed by atoms with Gasteiger partial charge >= 0.3 is 5.97 Å². The smallest absolute Gasteiger partial charge is 0.332 e. The Kier molecular flexibility index (Phi) is 12.1. The van der Waals surface area contributed by atoms with Crippen molar-refractivity contribution in [1.29, 1.82) is 0 Å². The van der Waals surface area contributed by atoms with Gasteiger partial charge in [0.15, 0.2) is 5.84 Å². The fourth-order valence-electron chi connectivity index (χ4n) is 3.78. The van der Waals surface area contributed by atoms with Crippen LogP contribution >= 0.6 is 23.2 Å². The zero-order valence-electron chi connectivity index (χ0n) is 23.5. The van der Waals surface area contributed by atoms with E-state index in [-0.39, 0.29) is 35.4 Å². The van der Waals surface area contributed by atoms with Crippen molar-refractivity contribution < 1.29 is 27.6 Å². The molecule has 0 aliphatic heterocycles. The number of amides is 2. The van der Waals surface area contributed by atoms with Crippen LogP contribution in [-0.4, -0.2) is 56.0 Å². The van der Waals surface area contributed by atoms with E-state index in [9.17, 15) is 22.8 Å². The quantitative estimate of drug-likeness (QED) is 0.111.